The van der Waals surface area contributed by atoms with E-state index in [0.29, 0.717) is 0 Å². The van der Waals surface area contributed by atoms with Crippen molar-refractivity contribution in [2.75, 3.05) is 13.9 Å². The van der Waals surface area contributed by atoms with Gasteiger partial charge in [0.1, 0.15) is 0 Å². The summed E-state index contributed by atoms with van der Waals surface area (Å²) in [7, 11) is 1.40. The predicted molar refractivity (Wildman–Crippen MR) is 53.5 cm³/mol. The summed E-state index contributed by atoms with van der Waals surface area (Å²) in [5.41, 5.74) is 2.07. The molecule has 0 aromatic heterocycles. The fourth-order valence-electron chi connectivity index (χ4n) is 0.974. The molecule has 0 saturated heterocycles. The first-order valence-electron chi connectivity index (χ1n) is 4.30. The summed E-state index contributed by atoms with van der Waals surface area (Å²) in [5, 5.41) is 10.5. The van der Waals surface area contributed by atoms with Gasteiger partial charge >= 0.3 is 0 Å². The van der Waals surface area contributed by atoms with E-state index in [9.17, 15) is 14.9 Å². The maximum Gasteiger partial charge on any atom is 0.275 e. The van der Waals surface area contributed by atoms with Crippen molar-refractivity contribution in [2.24, 2.45) is 0 Å². The number of non-ortho nitro benzene ring substituents is 1. The third kappa shape index (κ3) is 3.30. The number of rotatable bonds is 5. The third-order valence-electron chi connectivity index (χ3n) is 1.66. The summed E-state index contributed by atoms with van der Waals surface area (Å²) in [6.45, 7) is -0.0966. The fourth-order valence-corrected chi connectivity index (χ4v) is 0.974. The van der Waals surface area contributed by atoms with E-state index < -0.39 is 10.8 Å². The molecule has 0 atom stereocenters. The normalized spacial score (nSPS) is 9.81. The van der Waals surface area contributed by atoms with Gasteiger partial charge in [-0.15, -0.1) is 0 Å². The van der Waals surface area contributed by atoms with E-state index in [1.165, 1.54) is 25.3 Å². The van der Waals surface area contributed by atoms with E-state index in [4.69, 9.17) is 0 Å². The van der Waals surface area contributed by atoms with Crippen LogP contribution < -0.4 is 5.48 Å². The number of nitrogens with zero attached hydrogens (tertiary/aromatic N) is 1. The van der Waals surface area contributed by atoms with Crippen LogP contribution in [0.5, 0.6) is 0 Å². The minimum Gasteiger partial charge on any atom is -0.356 e. The van der Waals surface area contributed by atoms with Crippen molar-refractivity contribution >= 4 is 11.6 Å². The zero-order valence-electron chi connectivity index (χ0n) is 8.50. The van der Waals surface area contributed by atoms with Crippen LogP contribution in [0.4, 0.5) is 5.69 Å². The summed E-state index contributed by atoms with van der Waals surface area (Å²) >= 11 is 0. The Balaban J connectivity index is 2.68. The molecule has 0 heterocycles. The van der Waals surface area contributed by atoms with Gasteiger partial charge in [-0.05, 0) is 6.07 Å². The number of amides is 1. The number of carbonyl (C=O) groups excluding carboxylic acids is 1. The Morgan fingerprint density at radius 2 is 2.31 bits per heavy atom. The highest BCUT2D eigenvalue weighted by Crippen LogP contribution is 2.12. The largest absolute Gasteiger partial charge is 0.356 e. The Morgan fingerprint density at radius 1 is 1.56 bits per heavy atom. The molecule has 7 nitrogen and oxygen atoms in total. The van der Waals surface area contributed by atoms with Gasteiger partial charge in [-0.2, -0.15) is 0 Å². The van der Waals surface area contributed by atoms with Gasteiger partial charge in [0, 0.05) is 24.8 Å². The standard InChI is InChI=1S/C9H10N2O5/c1-15-6-16-10-9(12)7-3-2-4-8(5-7)11(13)14/h2-5H,6H2,1H3,(H,10,12). The molecular formula is C9H10N2O5. The van der Waals surface area contributed by atoms with Crippen molar-refractivity contribution in [1.82, 2.24) is 5.48 Å². The molecule has 86 valence electrons. The van der Waals surface area contributed by atoms with E-state index in [0.717, 1.165) is 6.07 Å². The average Bonchev–Trinajstić information content (AvgIpc) is 2.29. The molecular weight excluding hydrogens is 216 g/mol. The van der Waals surface area contributed by atoms with Gasteiger partial charge in [-0.25, -0.2) is 10.3 Å². The van der Waals surface area contributed by atoms with Crippen LogP contribution in [0.1, 0.15) is 10.4 Å². The smallest absolute Gasteiger partial charge is 0.275 e. The highest BCUT2D eigenvalue weighted by atomic mass is 16.8. The molecule has 0 aliphatic carbocycles. The van der Waals surface area contributed by atoms with Crippen LogP contribution >= 0.6 is 0 Å². The number of hydrogen-bond donors (Lipinski definition) is 1. The van der Waals surface area contributed by atoms with E-state index in [-0.39, 0.29) is 18.0 Å². The minimum atomic E-state index is -0.577. The molecule has 0 aliphatic rings. The monoisotopic (exact) mass is 226 g/mol. The van der Waals surface area contributed by atoms with Crippen molar-refractivity contribution in [3.05, 3.63) is 39.9 Å². The molecule has 0 fully saturated rings. The quantitative estimate of drug-likeness (QED) is 0.348. The van der Waals surface area contributed by atoms with Crippen molar-refractivity contribution in [1.29, 1.82) is 0 Å². The van der Waals surface area contributed by atoms with Gasteiger partial charge in [0.25, 0.3) is 11.6 Å². The van der Waals surface area contributed by atoms with Crippen LogP contribution in [0, 0.1) is 10.1 Å². The number of benzene rings is 1. The Kier molecular flexibility index (Phi) is 4.37. The zero-order valence-corrected chi connectivity index (χ0v) is 8.50. The molecule has 1 aromatic carbocycles. The van der Waals surface area contributed by atoms with E-state index >= 15 is 0 Å². The number of carbonyl (C=O) groups is 1. The summed E-state index contributed by atoms with van der Waals surface area (Å²) in [6, 6.07) is 5.32. The lowest BCUT2D eigenvalue weighted by molar-refractivity contribution is -0.384. The Hall–Kier alpha value is -1.99. The molecule has 1 aromatic rings. The average molecular weight is 226 g/mol. The van der Waals surface area contributed by atoms with Crippen molar-refractivity contribution < 1.29 is 19.3 Å². The SMILES string of the molecule is COCONC(=O)c1cccc([N+](=O)[O-])c1. The van der Waals surface area contributed by atoms with Gasteiger partial charge in [-0.1, -0.05) is 6.07 Å². The number of methoxy groups -OCH3 is 1. The summed E-state index contributed by atoms with van der Waals surface area (Å²) < 4.78 is 4.54. The van der Waals surface area contributed by atoms with Crippen LogP contribution in [0.3, 0.4) is 0 Å². The predicted octanol–water partition coefficient (Wildman–Crippen LogP) is 0.860. The molecule has 1 rings (SSSR count). The molecule has 0 bridgehead atoms. The van der Waals surface area contributed by atoms with Crippen molar-refractivity contribution in [2.45, 2.75) is 0 Å². The number of hydroxylamine groups is 1. The minimum absolute atomic E-state index is 0.0966. The van der Waals surface area contributed by atoms with Crippen molar-refractivity contribution in [3.8, 4) is 0 Å². The van der Waals surface area contributed by atoms with Gasteiger partial charge in [0.15, 0.2) is 6.79 Å². The first-order valence-corrected chi connectivity index (χ1v) is 4.30. The molecule has 0 aliphatic heterocycles. The van der Waals surface area contributed by atoms with E-state index in [1.54, 1.807) is 0 Å². The highest BCUT2D eigenvalue weighted by Gasteiger charge is 2.10. The Labute approximate surface area is 91.1 Å². The maximum atomic E-state index is 11.4. The van der Waals surface area contributed by atoms with Gasteiger partial charge in [0.05, 0.1) is 4.92 Å². The second-order valence-corrected chi connectivity index (χ2v) is 2.79. The number of ether oxygens (including phenoxy) is 1. The van der Waals surface area contributed by atoms with Crippen molar-refractivity contribution in [3.63, 3.8) is 0 Å². The summed E-state index contributed by atoms with van der Waals surface area (Å²) in [6.07, 6.45) is 0. The van der Waals surface area contributed by atoms with Crippen LogP contribution in [0.25, 0.3) is 0 Å². The molecule has 1 amide bonds. The number of nitro groups is 1. The first-order chi connectivity index (χ1) is 7.65. The topological polar surface area (TPSA) is 90.7 Å². The van der Waals surface area contributed by atoms with Gasteiger partial charge in [-0.3, -0.25) is 14.9 Å². The van der Waals surface area contributed by atoms with Gasteiger partial charge in [0.2, 0.25) is 0 Å². The Bertz CT molecular complexity index is 393. The second kappa shape index (κ2) is 5.79. The first kappa shape index (κ1) is 12.1. The number of nitro benzene ring substituents is 1. The molecule has 7 heteroatoms. The lowest BCUT2D eigenvalue weighted by atomic mass is 10.2. The molecule has 16 heavy (non-hydrogen) atoms. The number of hydrogen-bond acceptors (Lipinski definition) is 5. The lowest BCUT2D eigenvalue weighted by Gasteiger charge is -2.04. The number of nitrogens with one attached hydrogen (secondary N) is 1. The highest BCUT2D eigenvalue weighted by molar-refractivity contribution is 5.94. The molecule has 0 saturated carbocycles. The van der Waals surface area contributed by atoms with Crippen LogP contribution in [-0.2, 0) is 9.57 Å². The summed E-state index contributed by atoms with van der Waals surface area (Å²) in [5.74, 6) is -0.569. The van der Waals surface area contributed by atoms with Gasteiger partial charge < -0.3 is 4.74 Å². The molecule has 0 spiro atoms. The third-order valence-corrected chi connectivity index (χ3v) is 1.66. The summed E-state index contributed by atoms with van der Waals surface area (Å²) in [4.78, 5) is 25.9. The van der Waals surface area contributed by atoms with E-state index in [2.05, 4.69) is 15.1 Å². The molecule has 1 N–H and O–H groups in total. The maximum absolute atomic E-state index is 11.4. The molecule has 0 unspecified atom stereocenters. The fraction of sp³-hybridized carbons (Fsp3) is 0.222. The van der Waals surface area contributed by atoms with Crippen LogP contribution in [0.2, 0.25) is 0 Å². The van der Waals surface area contributed by atoms with E-state index in [1.807, 2.05) is 0 Å². The molecule has 0 radical (unpaired) electrons. The van der Waals surface area contributed by atoms with Crippen LogP contribution in [-0.4, -0.2) is 24.7 Å². The van der Waals surface area contributed by atoms with Crippen LogP contribution in [0.15, 0.2) is 24.3 Å². The second-order valence-electron chi connectivity index (χ2n) is 2.79. The zero-order chi connectivity index (χ0) is 12.0. The lowest BCUT2D eigenvalue weighted by Crippen LogP contribution is -2.24. The Morgan fingerprint density at radius 3 is 2.94 bits per heavy atom.